The minimum Gasteiger partial charge on any atom is -0.469 e. The highest BCUT2D eigenvalue weighted by Gasteiger charge is 2.34. The van der Waals surface area contributed by atoms with E-state index in [4.69, 9.17) is 9.15 Å². The molecule has 0 saturated carbocycles. The van der Waals surface area contributed by atoms with Crippen molar-refractivity contribution in [1.82, 2.24) is 9.55 Å². The molecule has 4 aromatic rings. The maximum Gasteiger partial charge on any atom is 0.343 e. The number of aromatic nitrogens is 2. The molecule has 128 valence electrons. The van der Waals surface area contributed by atoms with Gasteiger partial charge in [-0.3, -0.25) is 0 Å². The quantitative estimate of drug-likeness (QED) is 0.514. The van der Waals surface area contributed by atoms with Crippen LogP contribution in [0.5, 0.6) is 5.75 Å². The number of fused-ring (bicyclic) bond motifs is 3. The van der Waals surface area contributed by atoms with Gasteiger partial charge in [0, 0.05) is 24.7 Å². The summed E-state index contributed by atoms with van der Waals surface area (Å²) in [4.78, 5) is 16.9. The lowest BCUT2D eigenvalue weighted by Crippen LogP contribution is -2.28. The Hall–Kier alpha value is -3.34. The van der Waals surface area contributed by atoms with Crippen molar-refractivity contribution in [2.75, 3.05) is 0 Å². The number of benzene rings is 2. The topological polar surface area (TPSA) is 57.3 Å². The molecule has 5 heteroatoms. The van der Waals surface area contributed by atoms with Crippen molar-refractivity contribution >= 4 is 11.0 Å². The molecule has 5 nitrogen and oxygen atoms in total. The molecule has 5 rings (SSSR count). The molecule has 0 spiro atoms. The zero-order valence-corrected chi connectivity index (χ0v) is 13.9. The molecule has 0 N–H and O–H groups in total. The first-order valence-corrected chi connectivity index (χ1v) is 8.56. The van der Waals surface area contributed by atoms with Gasteiger partial charge in [0.1, 0.15) is 11.3 Å². The van der Waals surface area contributed by atoms with Crippen molar-refractivity contribution < 1.29 is 9.15 Å². The fraction of sp³-hybridized carbons (Fsp3) is 0.143. The number of imidazole rings is 1. The maximum absolute atomic E-state index is 12.8. The summed E-state index contributed by atoms with van der Waals surface area (Å²) >= 11 is 0. The number of hydrogen-bond acceptors (Lipinski definition) is 4. The molecule has 1 aliphatic heterocycles. The summed E-state index contributed by atoms with van der Waals surface area (Å²) in [6, 6.07) is 17.5. The summed E-state index contributed by atoms with van der Waals surface area (Å²) < 4.78 is 13.8. The standard InChI is InChI=1S/C21H16N2O3/c24-21-19-16(14-6-2-1-3-7-14)12-18(23-11-10-22-13-23)26-20(19)15-8-4-5-9-17(15)25-21/h1-11,13,16,18H,12H2/t16-,18-/m0/s1. The van der Waals surface area contributed by atoms with Crippen LogP contribution in [0.3, 0.4) is 0 Å². The molecule has 2 aromatic carbocycles. The van der Waals surface area contributed by atoms with Crippen LogP contribution in [-0.2, 0) is 0 Å². The van der Waals surface area contributed by atoms with Crippen LogP contribution in [0.2, 0.25) is 0 Å². The third-order valence-electron chi connectivity index (χ3n) is 4.90. The Bertz CT molecular complexity index is 1120. The minimum atomic E-state index is -0.336. The average Bonchev–Trinajstić information content (AvgIpc) is 3.23. The first kappa shape index (κ1) is 15.0. The zero-order chi connectivity index (χ0) is 17.5. The van der Waals surface area contributed by atoms with Crippen LogP contribution in [0, 0.1) is 0 Å². The van der Waals surface area contributed by atoms with Gasteiger partial charge in [-0.25, -0.2) is 9.78 Å². The van der Waals surface area contributed by atoms with Gasteiger partial charge in [-0.1, -0.05) is 42.5 Å². The molecule has 0 unspecified atom stereocenters. The largest absolute Gasteiger partial charge is 0.469 e. The second-order valence-corrected chi connectivity index (χ2v) is 6.41. The van der Waals surface area contributed by atoms with Crippen LogP contribution >= 0.6 is 0 Å². The Morgan fingerprint density at radius 1 is 1.04 bits per heavy atom. The second-order valence-electron chi connectivity index (χ2n) is 6.41. The second kappa shape index (κ2) is 5.88. The van der Waals surface area contributed by atoms with Gasteiger partial charge < -0.3 is 13.7 Å². The van der Waals surface area contributed by atoms with Crippen molar-refractivity contribution in [3.8, 4) is 5.75 Å². The lowest BCUT2D eigenvalue weighted by Gasteiger charge is -2.32. The molecule has 2 atom stereocenters. The van der Waals surface area contributed by atoms with Crippen LogP contribution in [0.1, 0.15) is 29.7 Å². The predicted octanol–water partition coefficient (Wildman–Crippen LogP) is 4.10. The van der Waals surface area contributed by atoms with Crippen LogP contribution in [0.25, 0.3) is 11.0 Å². The molecule has 3 heterocycles. The summed E-state index contributed by atoms with van der Waals surface area (Å²) in [5.74, 6) is 0.504. The average molecular weight is 344 g/mol. The number of para-hydroxylation sites is 1. The van der Waals surface area contributed by atoms with Gasteiger partial charge in [0.25, 0.3) is 0 Å². The van der Waals surface area contributed by atoms with Crippen molar-refractivity contribution in [2.45, 2.75) is 18.6 Å². The van der Waals surface area contributed by atoms with Crippen LogP contribution < -0.4 is 10.4 Å². The van der Waals surface area contributed by atoms with Gasteiger partial charge >= 0.3 is 5.63 Å². The first-order chi connectivity index (χ1) is 12.8. The Morgan fingerprint density at radius 3 is 2.65 bits per heavy atom. The SMILES string of the molecule is O=c1oc2ccccc2c2c1[C@H](c1ccccc1)C[C@@H](n1ccnc1)O2. The number of rotatable bonds is 2. The van der Waals surface area contributed by atoms with Gasteiger partial charge in [-0.15, -0.1) is 0 Å². The van der Waals surface area contributed by atoms with E-state index in [-0.39, 0.29) is 17.8 Å². The van der Waals surface area contributed by atoms with E-state index < -0.39 is 0 Å². The van der Waals surface area contributed by atoms with Gasteiger partial charge in [-0.05, 0) is 17.7 Å². The molecular weight excluding hydrogens is 328 g/mol. The predicted molar refractivity (Wildman–Crippen MR) is 97.3 cm³/mol. The third-order valence-corrected chi connectivity index (χ3v) is 4.90. The molecule has 0 bridgehead atoms. The van der Waals surface area contributed by atoms with Gasteiger partial charge in [0.2, 0.25) is 0 Å². The lowest BCUT2D eigenvalue weighted by molar-refractivity contribution is 0.0995. The van der Waals surface area contributed by atoms with E-state index in [0.29, 0.717) is 23.3 Å². The fourth-order valence-electron chi connectivity index (χ4n) is 3.68. The summed E-state index contributed by atoms with van der Waals surface area (Å²) in [6.07, 6.45) is 5.75. The molecule has 2 aromatic heterocycles. The minimum absolute atomic E-state index is 0.104. The highest BCUT2D eigenvalue weighted by molar-refractivity contribution is 5.85. The van der Waals surface area contributed by atoms with Gasteiger partial charge in [0.05, 0.1) is 17.3 Å². The highest BCUT2D eigenvalue weighted by Crippen LogP contribution is 2.44. The van der Waals surface area contributed by atoms with E-state index in [1.807, 2.05) is 59.3 Å². The summed E-state index contributed by atoms with van der Waals surface area (Å²) in [7, 11) is 0. The van der Waals surface area contributed by atoms with Crippen LogP contribution in [0.4, 0.5) is 0 Å². The van der Waals surface area contributed by atoms with E-state index in [1.165, 1.54) is 0 Å². The molecule has 0 amide bonds. The molecule has 0 radical (unpaired) electrons. The van der Waals surface area contributed by atoms with Crippen molar-refractivity contribution in [2.24, 2.45) is 0 Å². The van der Waals surface area contributed by atoms with E-state index in [1.54, 1.807) is 18.6 Å². The molecule has 26 heavy (non-hydrogen) atoms. The lowest BCUT2D eigenvalue weighted by atomic mass is 9.86. The molecule has 1 aliphatic rings. The Balaban J connectivity index is 1.77. The molecule has 0 fully saturated rings. The Labute approximate surface area is 149 Å². The smallest absolute Gasteiger partial charge is 0.343 e. The van der Waals surface area contributed by atoms with Crippen LogP contribution in [0.15, 0.2) is 82.5 Å². The van der Waals surface area contributed by atoms with E-state index in [9.17, 15) is 4.79 Å². The van der Waals surface area contributed by atoms with E-state index in [0.717, 1.165) is 10.9 Å². The van der Waals surface area contributed by atoms with Crippen molar-refractivity contribution in [3.63, 3.8) is 0 Å². The molecule has 0 aliphatic carbocycles. The number of hydrogen-bond donors (Lipinski definition) is 0. The normalized spacial score (nSPS) is 19.1. The summed E-state index contributed by atoms with van der Waals surface area (Å²) in [5, 5.41) is 0.813. The summed E-state index contributed by atoms with van der Waals surface area (Å²) in [6.45, 7) is 0. The van der Waals surface area contributed by atoms with Crippen molar-refractivity contribution in [1.29, 1.82) is 0 Å². The maximum atomic E-state index is 12.8. The van der Waals surface area contributed by atoms with Crippen LogP contribution in [-0.4, -0.2) is 9.55 Å². The monoisotopic (exact) mass is 344 g/mol. The fourth-order valence-corrected chi connectivity index (χ4v) is 3.68. The third kappa shape index (κ3) is 2.32. The van der Waals surface area contributed by atoms with E-state index in [2.05, 4.69) is 4.98 Å². The zero-order valence-electron chi connectivity index (χ0n) is 13.9. The number of nitrogens with zero attached hydrogens (tertiary/aromatic N) is 2. The Morgan fingerprint density at radius 2 is 1.85 bits per heavy atom. The first-order valence-electron chi connectivity index (χ1n) is 8.56. The number of ether oxygens (including phenoxy) is 1. The summed E-state index contributed by atoms with van der Waals surface area (Å²) in [5.41, 5.74) is 1.86. The highest BCUT2D eigenvalue weighted by atomic mass is 16.5. The van der Waals surface area contributed by atoms with E-state index >= 15 is 0 Å². The molecular formula is C21H16N2O3. The van der Waals surface area contributed by atoms with Gasteiger partial charge in [0.15, 0.2) is 6.23 Å². The van der Waals surface area contributed by atoms with Gasteiger partial charge in [-0.2, -0.15) is 0 Å². The van der Waals surface area contributed by atoms with Crippen molar-refractivity contribution in [3.05, 3.63) is 94.9 Å². The molecule has 0 saturated heterocycles. The Kier molecular flexibility index (Phi) is 3.38.